The maximum atomic E-state index is 12.0. The van der Waals surface area contributed by atoms with E-state index in [1.165, 1.54) is 0 Å². The van der Waals surface area contributed by atoms with Gasteiger partial charge >= 0.3 is 0 Å². The van der Waals surface area contributed by atoms with E-state index >= 15 is 0 Å². The van der Waals surface area contributed by atoms with Crippen molar-refractivity contribution in [2.75, 3.05) is 0 Å². The molecule has 0 spiro atoms. The van der Waals surface area contributed by atoms with Crippen molar-refractivity contribution in [1.29, 1.82) is 0 Å². The molecule has 0 amide bonds. The molecule has 2 nitrogen and oxygen atoms in total. The minimum atomic E-state index is -0.455. The van der Waals surface area contributed by atoms with Crippen molar-refractivity contribution in [1.82, 2.24) is 0 Å². The number of rotatable bonds is 3. The Labute approximate surface area is 105 Å². The molecular weight excluding hydrogens is 236 g/mol. The maximum Gasteiger partial charge on any atom is 0.190 e. The lowest BCUT2D eigenvalue weighted by Gasteiger charge is -2.02. The van der Waals surface area contributed by atoms with Crippen molar-refractivity contribution in [3.8, 4) is 0 Å². The van der Waals surface area contributed by atoms with Gasteiger partial charge in [-0.2, -0.15) is 0 Å². The van der Waals surface area contributed by atoms with Crippen LogP contribution in [-0.4, -0.2) is 17.5 Å². The van der Waals surface area contributed by atoms with E-state index < -0.39 is 5.60 Å². The maximum absolute atomic E-state index is 12.0. The molecule has 1 aliphatic carbocycles. The van der Waals surface area contributed by atoms with Crippen LogP contribution >= 0.6 is 11.6 Å². The molecule has 3 heteroatoms. The van der Waals surface area contributed by atoms with Crippen LogP contribution in [0.2, 0.25) is 5.02 Å². The zero-order valence-corrected chi connectivity index (χ0v) is 10.1. The topological polar surface area (TPSA) is 29.6 Å². The Bertz CT molecular complexity index is 478. The predicted octanol–water partition coefficient (Wildman–Crippen LogP) is 3.24. The molecule has 2 fully saturated rings. The predicted molar refractivity (Wildman–Crippen MR) is 66.9 cm³/mol. The van der Waals surface area contributed by atoms with E-state index in [-0.39, 0.29) is 11.9 Å². The number of halogens is 1. The van der Waals surface area contributed by atoms with E-state index in [0.717, 1.165) is 24.8 Å². The number of hydrogen-bond donors (Lipinski definition) is 0. The number of carbonyl (C=O) groups is 1. The van der Waals surface area contributed by atoms with Gasteiger partial charge in [-0.05, 0) is 43.0 Å². The van der Waals surface area contributed by atoms with Crippen molar-refractivity contribution in [3.05, 3.63) is 40.9 Å². The number of carbonyl (C=O) groups excluding carboxylic acids is 1. The SMILES string of the molecule is O=C(/C=C/c1ccc(Cl)cc1)C12CCCC1O2. The highest BCUT2D eigenvalue weighted by Crippen LogP contribution is 2.50. The van der Waals surface area contributed by atoms with Gasteiger partial charge in [0, 0.05) is 5.02 Å². The molecular formula is C14H13ClO2. The standard InChI is InChI=1S/C14H13ClO2/c15-11-6-3-10(4-7-11)5-8-12(16)14-9-1-2-13(14)17-14/h3-8,13H,1-2,9H2/b8-5+. The van der Waals surface area contributed by atoms with Crippen molar-refractivity contribution < 1.29 is 9.53 Å². The van der Waals surface area contributed by atoms with Gasteiger partial charge in [-0.3, -0.25) is 4.79 Å². The molecule has 0 bridgehead atoms. The lowest BCUT2D eigenvalue weighted by molar-refractivity contribution is -0.119. The zero-order chi connectivity index (χ0) is 11.9. The van der Waals surface area contributed by atoms with Crippen LogP contribution in [0.3, 0.4) is 0 Å². The van der Waals surface area contributed by atoms with Gasteiger partial charge in [-0.1, -0.05) is 29.8 Å². The largest absolute Gasteiger partial charge is 0.357 e. The van der Waals surface area contributed by atoms with Crippen LogP contribution in [0.4, 0.5) is 0 Å². The molecule has 1 saturated heterocycles. The Kier molecular flexibility index (Phi) is 2.57. The fourth-order valence-corrected chi connectivity index (χ4v) is 2.63. The van der Waals surface area contributed by atoms with Crippen LogP contribution in [0.15, 0.2) is 30.3 Å². The summed E-state index contributed by atoms with van der Waals surface area (Å²) in [7, 11) is 0. The zero-order valence-electron chi connectivity index (χ0n) is 9.36. The third kappa shape index (κ3) is 1.92. The van der Waals surface area contributed by atoms with E-state index in [1.807, 2.05) is 30.3 Å². The fraction of sp³-hybridized carbons (Fsp3) is 0.357. The Morgan fingerprint density at radius 2 is 2.18 bits per heavy atom. The van der Waals surface area contributed by atoms with Crippen molar-refractivity contribution in [2.45, 2.75) is 31.0 Å². The molecule has 0 N–H and O–H groups in total. The van der Waals surface area contributed by atoms with E-state index in [2.05, 4.69) is 0 Å². The molecule has 1 saturated carbocycles. The van der Waals surface area contributed by atoms with Gasteiger partial charge in [-0.15, -0.1) is 0 Å². The Balaban J connectivity index is 1.71. The average Bonchev–Trinajstić information content (AvgIpc) is 2.91. The third-order valence-electron chi connectivity index (χ3n) is 3.54. The fourth-order valence-electron chi connectivity index (χ4n) is 2.51. The highest BCUT2D eigenvalue weighted by Gasteiger charge is 2.63. The van der Waals surface area contributed by atoms with Gasteiger partial charge < -0.3 is 4.74 Å². The van der Waals surface area contributed by atoms with Crippen molar-refractivity contribution >= 4 is 23.5 Å². The summed E-state index contributed by atoms with van der Waals surface area (Å²) >= 11 is 5.80. The van der Waals surface area contributed by atoms with Gasteiger partial charge in [0.25, 0.3) is 0 Å². The molecule has 2 atom stereocenters. The normalized spacial score (nSPS) is 30.5. The summed E-state index contributed by atoms with van der Waals surface area (Å²) in [5, 5.41) is 0.702. The Morgan fingerprint density at radius 1 is 1.41 bits per heavy atom. The molecule has 0 aromatic heterocycles. The summed E-state index contributed by atoms with van der Waals surface area (Å²) in [6, 6.07) is 7.42. The number of epoxide rings is 1. The molecule has 17 heavy (non-hydrogen) atoms. The van der Waals surface area contributed by atoms with E-state index in [4.69, 9.17) is 16.3 Å². The molecule has 88 valence electrons. The summed E-state index contributed by atoms with van der Waals surface area (Å²) in [5.41, 5.74) is 0.525. The Morgan fingerprint density at radius 3 is 2.76 bits per heavy atom. The van der Waals surface area contributed by atoms with Crippen molar-refractivity contribution in [2.24, 2.45) is 0 Å². The van der Waals surface area contributed by atoms with E-state index in [0.29, 0.717) is 5.02 Å². The summed E-state index contributed by atoms with van der Waals surface area (Å²) in [4.78, 5) is 12.0. The molecule has 3 rings (SSSR count). The third-order valence-corrected chi connectivity index (χ3v) is 3.80. The number of ether oxygens (including phenoxy) is 1. The highest BCUT2D eigenvalue weighted by atomic mass is 35.5. The van der Waals surface area contributed by atoms with Crippen molar-refractivity contribution in [3.63, 3.8) is 0 Å². The molecule has 1 aromatic carbocycles. The molecule has 2 aliphatic rings. The Hall–Kier alpha value is -1.12. The smallest absolute Gasteiger partial charge is 0.190 e. The lowest BCUT2D eigenvalue weighted by Crippen LogP contribution is -2.21. The van der Waals surface area contributed by atoms with Crippen LogP contribution in [0.5, 0.6) is 0 Å². The number of fused-ring (bicyclic) bond motifs is 1. The van der Waals surface area contributed by atoms with Gasteiger partial charge in [0.15, 0.2) is 11.4 Å². The van der Waals surface area contributed by atoms with Crippen LogP contribution < -0.4 is 0 Å². The second-order valence-electron chi connectivity index (χ2n) is 4.64. The number of benzene rings is 1. The lowest BCUT2D eigenvalue weighted by atomic mass is 10.0. The molecule has 1 aromatic rings. The number of ketones is 1. The number of hydrogen-bond acceptors (Lipinski definition) is 2. The quantitative estimate of drug-likeness (QED) is 0.607. The summed E-state index contributed by atoms with van der Waals surface area (Å²) < 4.78 is 5.49. The van der Waals surface area contributed by atoms with Gasteiger partial charge in [0.1, 0.15) is 0 Å². The second kappa shape index (κ2) is 3.97. The first-order chi connectivity index (χ1) is 8.21. The highest BCUT2D eigenvalue weighted by molar-refractivity contribution is 6.30. The van der Waals surface area contributed by atoms with Crippen LogP contribution in [0.25, 0.3) is 6.08 Å². The van der Waals surface area contributed by atoms with Gasteiger partial charge in [-0.25, -0.2) is 0 Å². The molecule has 2 unspecified atom stereocenters. The van der Waals surface area contributed by atoms with Crippen LogP contribution in [-0.2, 0) is 9.53 Å². The molecule has 0 radical (unpaired) electrons. The summed E-state index contributed by atoms with van der Waals surface area (Å²) in [5.74, 6) is 0.106. The minimum absolute atomic E-state index is 0.106. The van der Waals surface area contributed by atoms with Gasteiger partial charge in [0.2, 0.25) is 0 Å². The second-order valence-corrected chi connectivity index (χ2v) is 5.07. The van der Waals surface area contributed by atoms with Gasteiger partial charge in [0.05, 0.1) is 6.10 Å². The molecule has 1 aliphatic heterocycles. The summed E-state index contributed by atoms with van der Waals surface area (Å²) in [6.45, 7) is 0. The first kappa shape index (κ1) is 11.0. The molecule has 1 heterocycles. The van der Waals surface area contributed by atoms with Crippen LogP contribution in [0, 0.1) is 0 Å². The first-order valence-corrected chi connectivity index (χ1v) is 6.24. The van der Waals surface area contributed by atoms with E-state index in [9.17, 15) is 4.79 Å². The average molecular weight is 249 g/mol. The minimum Gasteiger partial charge on any atom is -0.357 e. The first-order valence-electron chi connectivity index (χ1n) is 5.87. The summed E-state index contributed by atoms with van der Waals surface area (Å²) in [6.07, 6.45) is 6.65. The van der Waals surface area contributed by atoms with Crippen LogP contribution in [0.1, 0.15) is 24.8 Å². The van der Waals surface area contributed by atoms with E-state index in [1.54, 1.807) is 6.08 Å². The monoisotopic (exact) mass is 248 g/mol.